The van der Waals surface area contributed by atoms with Crippen LogP contribution in [0.3, 0.4) is 0 Å². The number of carbonyl (C=O) groups excluding carboxylic acids is 2. The van der Waals surface area contributed by atoms with Crippen molar-refractivity contribution >= 4 is 45.8 Å². The fourth-order valence-electron chi connectivity index (χ4n) is 2.88. The first-order valence-corrected chi connectivity index (χ1v) is 8.51. The summed E-state index contributed by atoms with van der Waals surface area (Å²) in [6.07, 6.45) is 0. The number of Topliss-reactive ketones (excluding diaryl/α,β-unsaturated/α-hetero) is 1. The molecule has 1 aromatic heterocycles. The minimum absolute atomic E-state index is 0.391. The van der Waals surface area contributed by atoms with Crippen LogP contribution < -0.4 is 5.32 Å². The Labute approximate surface area is 155 Å². The number of benzene rings is 2. The molecule has 2 aromatic carbocycles. The van der Waals surface area contributed by atoms with Gasteiger partial charge in [0, 0.05) is 26.6 Å². The molecule has 0 saturated carbocycles. The predicted octanol–water partition coefficient (Wildman–Crippen LogP) is 4.84. The number of para-hydroxylation sites is 1. The summed E-state index contributed by atoms with van der Waals surface area (Å²) in [5, 5.41) is 4.39. The quantitative estimate of drug-likeness (QED) is 0.506. The van der Waals surface area contributed by atoms with Gasteiger partial charge in [0.2, 0.25) is 0 Å². The number of aryl methyl sites for hydroxylation is 1. The van der Waals surface area contributed by atoms with E-state index in [1.165, 1.54) is 0 Å². The molecule has 25 heavy (non-hydrogen) atoms. The fourth-order valence-corrected chi connectivity index (χ4v) is 3.45. The molecular weight excluding hydrogens is 359 g/mol. The van der Waals surface area contributed by atoms with Crippen LogP contribution in [0.25, 0.3) is 10.9 Å². The number of rotatable bonds is 4. The van der Waals surface area contributed by atoms with Crippen LogP contribution in [0, 0.1) is 6.92 Å². The first-order valence-electron chi connectivity index (χ1n) is 7.76. The number of hydrogen-bond acceptors (Lipinski definition) is 2. The summed E-state index contributed by atoms with van der Waals surface area (Å²) >= 11 is 12.1. The number of amides is 1. The fraction of sp³-hybridized carbons (Fsp3) is 0.158. The summed E-state index contributed by atoms with van der Waals surface area (Å²) in [6, 6.07) is 12.0. The summed E-state index contributed by atoms with van der Waals surface area (Å²) < 4.78 is 0. The highest BCUT2D eigenvalue weighted by molar-refractivity contribution is 6.45. The Kier molecular flexibility index (Phi) is 4.84. The molecular formula is C19H16Cl2N2O2. The zero-order valence-corrected chi connectivity index (χ0v) is 15.2. The van der Waals surface area contributed by atoms with E-state index in [9.17, 15) is 9.59 Å². The molecule has 0 aliphatic rings. The second kappa shape index (κ2) is 6.90. The number of carbonyl (C=O) groups is 2. The maximum atomic E-state index is 12.7. The standard InChI is InChI=1S/C19H16Cl2N2O2/c1-10(13-8-7-12(20)9-15(13)21)23-19(25)18(24)17-11(2)22-16-6-4-3-5-14(16)17/h3-10,22H,1-2H3,(H,23,25). The van der Waals surface area contributed by atoms with Crippen molar-refractivity contribution in [3.63, 3.8) is 0 Å². The van der Waals surface area contributed by atoms with Crippen molar-refractivity contribution in [3.05, 3.63) is 69.3 Å². The monoisotopic (exact) mass is 374 g/mol. The zero-order chi connectivity index (χ0) is 18.1. The van der Waals surface area contributed by atoms with Gasteiger partial charge in [0.1, 0.15) is 0 Å². The molecule has 2 N–H and O–H groups in total. The van der Waals surface area contributed by atoms with Crippen LogP contribution in [0.2, 0.25) is 10.0 Å². The van der Waals surface area contributed by atoms with Gasteiger partial charge in [0.15, 0.2) is 0 Å². The number of aromatic amines is 1. The molecule has 0 spiro atoms. The van der Waals surface area contributed by atoms with Crippen LogP contribution in [0.1, 0.15) is 34.6 Å². The average molecular weight is 375 g/mol. The van der Waals surface area contributed by atoms with E-state index in [1.807, 2.05) is 24.3 Å². The van der Waals surface area contributed by atoms with Crippen LogP contribution in [-0.2, 0) is 4.79 Å². The minimum Gasteiger partial charge on any atom is -0.358 e. The minimum atomic E-state index is -0.675. The van der Waals surface area contributed by atoms with E-state index in [0.717, 1.165) is 10.9 Å². The van der Waals surface area contributed by atoms with Crippen molar-refractivity contribution in [3.8, 4) is 0 Å². The van der Waals surface area contributed by atoms with Crippen molar-refractivity contribution in [2.75, 3.05) is 0 Å². The van der Waals surface area contributed by atoms with Crippen LogP contribution in [-0.4, -0.2) is 16.7 Å². The Morgan fingerprint density at radius 1 is 1.12 bits per heavy atom. The first-order chi connectivity index (χ1) is 11.9. The van der Waals surface area contributed by atoms with Gasteiger partial charge in [-0.05, 0) is 37.6 Å². The number of aromatic nitrogens is 1. The highest BCUT2D eigenvalue weighted by Gasteiger charge is 2.24. The van der Waals surface area contributed by atoms with Gasteiger partial charge < -0.3 is 10.3 Å². The van der Waals surface area contributed by atoms with Gasteiger partial charge in [-0.1, -0.05) is 47.5 Å². The third-order valence-electron chi connectivity index (χ3n) is 4.10. The normalized spacial score (nSPS) is 12.2. The lowest BCUT2D eigenvalue weighted by molar-refractivity contribution is -0.117. The molecule has 1 amide bonds. The van der Waals surface area contributed by atoms with E-state index in [0.29, 0.717) is 26.9 Å². The van der Waals surface area contributed by atoms with E-state index < -0.39 is 17.7 Å². The molecule has 0 aliphatic heterocycles. The van der Waals surface area contributed by atoms with Gasteiger partial charge in [-0.25, -0.2) is 0 Å². The molecule has 0 aliphatic carbocycles. The van der Waals surface area contributed by atoms with Gasteiger partial charge in [0.25, 0.3) is 11.7 Å². The summed E-state index contributed by atoms with van der Waals surface area (Å²) in [5.74, 6) is -1.25. The molecule has 0 fully saturated rings. The van der Waals surface area contributed by atoms with Crippen molar-refractivity contribution in [2.24, 2.45) is 0 Å². The topological polar surface area (TPSA) is 62.0 Å². The summed E-state index contributed by atoms with van der Waals surface area (Å²) in [5.41, 5.74) is 2.58. The highest BCUT2D eigenvalue weighted by atomic mass is 35.5. The molecule has 0 bridgehead atoms. The lowest BCUT2D eigenvalue weighted by Gasteiger charge is -2.15. The van der Waals surface area contributed by atoms with Gasteiger partial charge >= 0.3 is 0 Å². The molecule has 128 valence electrons. The largest absolute Gasteiger partial charge is 0.358 e. The van der Waals surface area contributed by atoms with E-state index >= 15 is 0 Å². The number of fused-ring (bicyclic) bond motifs is 1. The van der Waals surface area contributed by atoms with E-state index in [2.05, 4.69) is 10.3 Å². The third kappa shape index (κ3) is 3.41. The maximum absolute atomic E-state index is 12.7. The second-order valence-electron chi connectivity index (χ2n) is 5.86. The average Bonchev–Trinajstić information content (AvgIpc) is 2.89. The molecule has 1 atom stereocenters. The third-order valence-corrected chi connectivity index (χ3v) is 4.67. The molecule has 0 radical (unpaired) electrons. The Hall–Kier alpha value is -2.30. The molecule has 0 saturated heterocycles. The molecule has 1 unspecified atom stereocenters. The van der Waals surface area contributed by atoms with Crippen molar-refractivity contribution in [1.82, 2.24) is 10.3 Å². The molecule has 3 aromatic rings. The van der Waals surface area contributed by atoms with Crippen molar-refractivity contribution in [1.29, 1.82) is 0 Å². The number of H-pyrrole nitrogens is 1. The van der Waals surface area contributed by atoms with Crippen LogP contribution in [0.4, 0.5) is 0 Å². The van der Waals surface area contributed by atoms with Gasteiger partial charge in [-0.15, -0.1) is 0 Å². The van der Waals surface area contributed by atoms with Crippen molar-refractivity contribution < 1.29 is 9.59 Å². The highest BCUT2D eigenvalue weighted by Crippen LogP contribution is 2.27. The molecule has 1 heterocycles. The number of nitrogens with one attached hydrogen (secondary N) is 2. The zero-order valence-electron chi connectivity index (χ0n) is 13.7. The molecule has 4 nitrogen and oxygen atoms in total. The summed E-state index contributed by atoms with van der Waals surface area (Å²) in [4.78, 5) is 28.2. The van der Waals surface area contributed by atoms with Crippen LogP contribution in [0.5, 0.6) is 0 Å². The second-order valence-corrected chi connectivity index (χ2v) is 6.70. The Bertz CT molecular complexity index is 979. The van der Waals surface area contributed by atoms with E-state index in [4.69, 9.17) is 23.2 Å². The number of halogens is 2. The smallest absolute Gasteiger partial charge is 0.292 e. The lowest BCUT2D eigenvalue weighted by atomic mass is 10.0. The van der Waals surface area contributed by atoms with Gasteiger partial charge in [0.05, 0.1) is 11.6 Å². The number of ketones is 1. The SMILES string of the molecule is Cc1[nH]c2ccccc2c1C(=O)C(=O)NC(C)c1ccc(Cl)cc1Cl. The van der Waals surface area contributed by atoms with Gasteiger partial charge in [-0.2, -0.15) is 0 Å². The lowest BCUT2D eigenvalue weighted by Crippen LogP contribution is -2.33. The maximum Gasteiger partial charge on any atom is 0.292 e. The summed E-state index contributed by atoms with van der Waals surface area (Å²) in [6.45, 7) is 3.54. The van der Waals surface area contributed by atoms with Crippen molar-refractivity contribution in [2.45, 2.75) is 19.9 Å². The predicted molar refractivity (Wildman–Crippen MR) is 100 cm³/mol. The molecule has 6 heteroatoms. The van der Waals surface area contributed by atoms with Crippen LogP contribution >= 0.6 is 23.2 Å². The van der Waals surface area contributed by atoms with E-state index in [1.54, 1.807) is 32.0 Å². The Balaban J connectivity index is 1.85. The summed E-state index contributed by atoms with van der Waals surface area (Å²) in [7, 11) is 0. The van der Waals surface area contributed by atoms with Gasteiger partial charge in [-0.3, -0.25) is 9.59 Å². The Morgan fingerprint density at radius 2 is 1.84 bits per heavy atom. The Morgan fingerprint density at radius 3 is 2.56 bits per heavy atom. The molecule has 3 rings (SSSR count). The van der Waals surface area contributed by atoms with E-state index in [-0.39, 0.29) is 0 Å². The number of hydrogen-bond donors (Lipinski definition) is 2. The first kappa shape index (κ1) is 17.5. The van der Waals surface area contributed by atoms with Crippen LogP contribution in [0.15, 0.2) is 42.5 Å².